The molecular formula is C8H13NO. The monoisotopic (exact) mass is 139 g/mol. The van der Waals surface area contributed by atoms with Crippen LogP contribution in [0.5, 0.6) is 0 Å². The summed E-state index contributed by atoms with van der Waals surface area (Å²) in [6.45, 7) is 2.13. The fourth-order valence-corrected chi connectivity index (χ4v) is 1.18. The second-order valence-corrected chi connectivity index (χ2v) is 2.66. The van der Waals surface area contributed by atoms with Gasteiger partial charge in [-0.3, -0.25) is 4.79 Å². The standard InChI is InChI=1S/C8H13NO/c1-2-3-7-6-8(10)4-5-9-7/h4-5,7,9H,2-3,6H2,1H3/t7-/m0/s1. The molecule has 0 aromatic heterocycles. The number of carbonyl (C=O) groups excluding carboxylic acids is 1. The van der Waals surface area contributed by atoms with Crippen LogP contribution in [0.4, 0.5) is 0 Å². The first-order valence-corrected chi connectivity index (χ1v) is 3.78. The van der Waals surface area contributed by atoms with E-state index < -0.39 is 0 Å². The Morgan fingerprint density at radius 3 is 3.20 bits per heavy atom. The lowest BCUT2D eigenvalue weighted by Crippen LogP contribution is -2.30. The van der Waals surface area contributed by atoms with Gasteiger partial charge in [-0.25, -0.2) is 0 Å². The van der Waals surface area contributed by atoms with Gasteiger partial charge in [-0.2, -0.15) is 0 Å². The van der Waals surface area contributed by atoms with E-state index in [2.05, 4.69) is 12.2 Å². The first kappa shape index (κ1) is 7.32. The van der Waals surface area contributed by atoms with Crippen molar-refractivity contribution in [2.75, 3.05) is 0 Å². The van der Waals surface area contributed by atoms with Crippen LogP contribution in [0.2, 0.25) is 0 Å². The van der Waals surface area contributed by atoms with E-state index >= 15 is 0 Å². The molecule has 10 heavy (non-hydrogen) atoms. The van der Waals surface area contributed by atoms with E-state index in [-0.39, 0.29) is 5.78 Å². The molecule has 0 aromatic rings. The van der Waals surface area contributed by atoms with E-state index in [1.54, 1.807) is 12.3 Å². The van der Waals surface area contributed by atoms with Gasteiger partial charge in [0, 0.05) is 18.7 Å². The summed E-state index contributed by atoms with van der Waals surface area (Å²) < 4.78 is 0. The Balaban J connectivity index is 2.36. The molecule has 2 heteroatoms. The maximum atomic E-state index is 10.8. The lowest BCUT2D eigenvalue weighted by atomic mass is 10.0. The van der Waals surface area contributed by atoms with Crippen LogP contribution in [0.1, 0.15) is 26.2 Å². The average Bonchev–Trinajstić information content (AvgIpc) is 1.88. The first-order chi connectivity index (χ1) is 4.83. The molecule has 0 spiro atoms. The van der Waals surface area contributed by atoms with Gasteiger partial charge >= 0.3 is 0 Å². The first-order valence-electron chi connectivity index (χ1n) is 3.78. The van der Waals surface area contributed by atoms with Crippen LogP contribution >= 0.6 is 0 Å². The summed E-state index contributed by atoms with van der Waals surface area (Å²) in [5, 5.41) is 3.15. The molecule has 0 saturated heterocycles. The molecule has 1 heterocycles. The van der Waals surface area contributed by atoms with Gasteiger partial charge in [0.25, 0.3) is 0 Å². The summed E-state index contributed by atoms with van der Waals surface area (Å²) in [4.78, 5) is 10.8. The summed E-state index contributed by atoms with van der Waals surface area (Å²) >= 11 is 0. The molecule has 0 amide bonds. The fraction of sp³-hybridized carbons (Fsp3) is 0.625. The summed E-state index contributed by atoms with van der Waals surface area (Å²) in [6, 6.07) is 0.391. The highest BCUT2D eigenvalue weighted by molar-refractivity contribution is 5.90. The Kier molecular flexibility index (Phi) is 2.49. The van der Waals surface area contributed by atoms with Crippen molar-refractivity contribution in [3.63, 3.8) is 0 Å². The predicted octanol–water partition coefficient (Wildman–Crippen LogP) is 1.23. The Morgan fingerprint density at radius 1 is 1.80 bits per heavy atom. The molecule has 0 aromatic carbocycles. The average molecular weight is 139 g/mol. The van der Waals surface area contributed by atoms with Crippen LogP contribution in [-0.2, 0) is 4.79 Å². The minimum atomic E-state index is 0.247. The summed E-state index contributed by atoms with van der Waals surface area (Å²) in [7, 11) is 0. The summed E-state index contributed by atoms with van der Waals surface area (Å²) in [5.74, 6) is 0.247. The Labute approximate surface area is 61.3 Å². The van der Waals surface area contributed by atoms with Crippen LogP contribution in [0, 0.1) is 0 Å². The molecule has 56 valence electrons. The second-order valence-electron chi connectivity index (χ2n) is 2.66. The van der Waals surface area contributed by atoms with E-state index in [0.717, 1.165) is 12.8 Å². The van der Waals surface area contributed by atoms with Gasteiger partial charge in [-0.1, -0.05) is 13.3 Å². The molecule has 0 aliphatic carbocycles. The third kappa shape index (κ3) is 1.87. The molecular weight excluding hydrogens is 126 g/mol. The maximum absolute atomic E-state index is 10.8. The van der Waals surface area contributed by atoms with E-state index in [1.807, 2.05) is 0 Å². The Morgan fingerprint density at radius 2 is 2.60 bits per heavy atom. The third-order valence-electron chi connectivity index (χ3n) is 1.69. The normalized spacial score (nSPS) is 24.5. The summed E-state index contributed by atoms with van der Waals surface area (Å²) in [6.07, 6.45) is 6.26. The maximum Gasteiger partial charge on any atom is 0.159 e. The number of ketones is 1. The van der Waals surface area contributed by atoms with Gasteiger partial charge in [0.2, 0.25) is 0 Å². The number of hydrogen-bond acceptors (Lipinski definition) is 2. The molecule has 0 radical (unpaired) electrons. The number of rotatable bonds is 2. The number of carbonyl (C=O) groups is 1. The lowest BCUT2D eigenvalue weighted by molar-refractivity contribution is -0.115. The van der Waals surface area contributed by atoms with Gasteiger partial charge in [0.05, 0.1) is 0 Å². The van der Waals surface area contributed by atoms with Gasteiger partial charge < -0.3 is 5.32 Å². The van der Waals surface area contributed by atoms with Crippen LogP contribution in [0.3, 0.4) is 0 Å². The molecule has 0 fully saturated rings. The molecule has 0 bridgehead atoms. The van der Waals surface area contributed by atoms with Crippen LogP contribution in [0.25, 0.3) is 0 Å². The minimum Gasteiger partial charge on any atom is -0.388 e. The van der Waals surface area contributed by atoms with Crippen molar-refractivity contribution in [3.8, 4) is 0 Å². The molecule has 0 saturated carbocycles. The third-order valence-corrected chi connectivity index (χ3v) is 1.69. The molecule has 1 aliphatic rings. The number of allylic oxidation sites excluding steroid dienone is 1. The van der Waals surface area contributed by atoms with Crippen molar-refractivity contribution in [2.24, 2.45) is 0 Å². The van der Waals surface area contributed by atoms with Crippen LogP contribution < -0.4 is 5.32 Å². The molecule has 1 N–H and O–H groups in total. The van der Waals surface area contributed by atoms with Crippen molar-refractivity contribution in [1.82, 2.24) is 5.32 Å². The molecule has 0 unspecified atom stereocenters. The predicted molar refractivity (Wildman–Crippen MR) is 40.6 cm³/mol. The largest absolute Gasteiger partial charge is 0.388 e. The smallest absolute Gasteiger partial charge is 0.159 e. The highest BCUT2D eigenvalue weighted by Crippen LogP contribution is 2.06. The zero-order valence-electron chi connectivity index (χ0n) is 6.26. The van der Waals surface area contributed by atoms with Gasteiger partial charge in [-0.05, 0) is 12.5 Å². The molecule has 1 atom stereocenters. The van der Waals surface area contributed by atoms with E-state index in [0.29, 0.717) is 12.5 Å². The SMILES string of the molecule is CCC[C@H]1CC(=O)C=CN1. The lowest BCUT2D eigenvalue weighted by Gasteiger charge is -2.17. The van der Waals surface area contributed by atoms with Crippen molar-refractivity contribution in [2.45, 2.75) is 32.2 Å². The highest BCUT2D eigenvalue weighted by atomic mass is 16.1. The second kappa shape index (κ2) is 3.40. The number of nitrogens with one attached hydrogen (secondary N) is 1. The fourth-order valence-electron chi connectivity index (χ4n) is 1.18. The van der Waals surface area contributed by atoms with E-state index in [1.165, 1.54) is 0 Å². The van der Waals surface area contributed by atoms with Crippen molar-refractivity contribution in [1.29, 1.82) is 0 Å². The Bertz CT molecular complexity index is 151. The summed E-state index contributed by atoms with van der Waals surface area (Å²) in [5.41, 5.74) is 0. The van der Waals surface area contributed by atoms with E-state index in [4.69, 9.17) is 0 Å². The zero-order chi connectivity index (χ0) is 7.40. The topological polar surface area (TPSA) is 29.1 Å². The van der Waals surface area contributed by atoms with E-state index in [9.17, 15) is 4.79 Å². The molecule has 1 aliphatic heterocycles. The molecule has 1 rings (SSSR count). The minimum absolute atomic E-state index is 0.247. The Hall–Kier alpha value is -0.790. The van der Waals surface area contributed by atoms with Crippen LogP contribution in [0.15, 0.2) is 12.3 Å². The van der Waals surface area contributed by atoms with Gasteiger partial charge in [0.1, 0.15) is 0 Å². The van der Waals surface area contributed by atoms with Crippen molar-refractivity contribution in [3.05, 3.63) is 12.3 Å². The van der Waals surface area contributed by atoms with Gasteiger partial charge in [0.15, 0.2) is 5.78 Å². The van der Waals surface area contributed by atoms with Crippen molar-refractivity contribution >= 4 is 5.78 Å². The molecule has 2 nitrogen and oxygen atoms in total. The quantitative estimate of drug-likeness (QED) is 0.623. The number of hydrogen-bond donors (Lipinski definition) is 1. The zero-order valence-corrected chi connectivity index (χ0v) is 6.26. The van der Waals surface area contributed by atoms with Crippen LogP contribution in [-0.4, -0.2) is 11.8 Å². The highest BCUT2D eigenvalue weighted by Gasteiger charge is 2.12. The van der Waals surface area contributed by atoms with Crippen molar-refractivity contribution < 1.29 is 4.79 Å². The van der Waals surface area contributed by atoms with Gasteiger partial charge in [-0.15, -0.1) is 0 Å².